The van der Waals surface area contributed by atoms with Gasteiger partial charge in [0.2, 0.25) is 0 Å². The molecule has 0 heterocycles. The van der Waals surface area contributed by atoms with Gasteiger partial charge in [0.15, 0.2) is 0 Å². The third kappa shape index (κ3) is 3.81. The molecule has 2 rings (SSSR count). The van der Waals surface area contributed by atoms with Crippen molar-refractivity contribution in [3.8, 4) is 0 Å². The molecular weight excluding hydrogens is 361 g/mol. The van der Waals surface area contributed by atoms with Crippen LogP contribution in [0.15, 0.2) is 51.8 Å². The van der Waals surface area contributed by atoms with E-state index >= 15 is 0 Å². The van der Waals surface area contributed by atoms with Crippen molar-refractivity contribution in [3.63, 3.8) is 0 Å². The predicted octanol–water partition coefficient (Wildman–Crippen LogP) is 3.44. The lowest BCUT2D eigenvalue weighted by Gasteiger charge is -2.11. The lowest BCUT2D eigenvalue weighted by molar-refractivity contribution is 0.199. The molecule has 1 unspecified atom stereocenters. The SMILES string of the molecule is CC(O)c1cccc(S(=O)(=O)Nc2ccc(F)cc2Br)c1. The van der Waals surface area contributed by atoms with Crippen molar-refractivity contribution in [2.75, 3.05) is 4.72 Å². The first-order chi connectivity index (χ1) is 9.79. The molecule has 2 aromatic carbocycles. The van der Waals surface area contributed by atoms with Crippen LogP contribution in [0.1, 0.15) is 18.6 Å². The molecule has 0 aliphatic heterocycles. The molecule has 0 radical (unpaired) electrons. The van der Waals surface area contributed by atoms with E-state index < -0.39 is 21.9 Å². The third-order valence-corrected chi connectivity index (χ3v) is 4.85. The molecule has 0 fully saturated rings. The second-order valence-corrected chi connectivity index (χ2v) is 7.01. The summed E-state index contributed by atoms with van der Waals surface area (Å²) in [5.41, 5.74) is 0.731. The summed E-state index contributed by atoms with van der Waals surface area (Å²) in [6, 6.07) is 9.66. The average Bonchev–Trinajstić information content (AvgIpc) is 2.42. The first-order valence-corrected chi connectivity index (χ1v) is 8.33. The molecule has 0 aliphatic rings. The van der Waals surface area contributed by atoms with Crippen molar-refractivity contribution in [2.24, 2.45) is 0 Å². The zero-order valence-electron chi connectivity index (χ0n) is 11.0. The van der Waals surface area contributed by atoms with E-state index in [1.54, 1.807) is 19.1 Å². The highest BCUT2D eigenvalue weighted by atomic mass is 79.9. The minimum atomic E-state index is -3.82. The van der Waals surface area contributed by atoms with E-state index in [0.29, 0.717) is 10.0 Å². The summed E-state index contributed by atoms with van der Waals surface area (Å²) in [5, 5.41) is 9.51. The Morgan fingerprint density at radius 2 is 1.95 bits per heavy atom. The van der Waals surface area contributed by atoms with Crippen molar-refractivity contribution in [3.05, 3.63) is 58.3 Å². The van der Waals surface area contributed by atoms with Crippen LogP contribution in [0.2, 0.25) is 0 Å². The molecular formula is C14H13BrFNO3S. The normalized spacial score (nSPS) is 13.0. The third-order valence-electron chi connectivity index (χ3n) is 2.83. The number of halogens is 2. The second kappa shape index (κ2) is 6.13. The van der Waals surface area contributed by atoms with Crippen LogP contribution in [-0.2, 0) is 10.0 Å². The number of benzene rings is 2. The average molecular weight is 374 g/mol. The second-order valence-electron chi connectivity index (χ2n) is 4.48. The molecule has 112 valence electrons. The molecule has 0 aliphatic carbocycles. The Labute approximate surface area is 130 Å². The van der Waals surface area contributed by atoms with Crippen molar-refractivity contribution < 1.29 is 17.9 Å². The molecule has 0 amide bonds. The van der Waals surface area contributed by atoms with Gasteiger partial charge in [-0.05, 0) is 58.7 Å². The van der Waals surface area contributed by atoms with Gasteiger partial charge in [0, 0.05) is 4.47 Å². The highest BCUT2D eigenvalue weighted by Gasteiger charge is 2.17. The summed E-state index contributed by atoms with van der Waals surface area (Å²) >= 11 is 3.10. The van der Waals surface area contributed by atoms with Gasteiger partial charge in [-0.25, -0.2) is 12.8 Å². The fourth-order valence-electron chi connectivity index (χ4n) is 1.72. The molecule has 4 nitrogen and oxygen atoms in total. The van der Waals surface area contributed by atoms with Crippen LogP contribution in [0.25, 0.3) is 0 Å². The largest absolute Gasteiger partial charge is 0.389 e. The van der Waals surface area contributed by atoms with Crippen LogP contribution in [-0.4, -0.2) is 13.5 Å². The van der Waals surface area contributed by atoms with Gasteiger partial charge in [-0.1, -0.05) is 12.1 Å². The quantitative estimate of drug-likeness (QED) is 0.862. The highest BCUT2D eigenvalue weighted by Crippen LogP contribution is 2.26. The van der Waals surface area contributed by atoms with Gasteiger partial charge in [-0.2, -0.15) is 0 Å². The standard InChI is InChI=1S/C14H13BrFNO3S/c1-9(18)10-3-2-4-12(7-10)21(19,20)17-14-6-5-11(16)8-13(14)15/h2-9,17-18H,1H3. The fraction of sp³-hybridized carbons (Fsp3) is 0.143. The van der Waals surface area contributed by atoms with Gasteiger partial charge in [-0.15, -0.1) is 0 Å². The van der Waals surface area contributed by atoms with E-state index in [4.69, 9.17) is 0 Å². The smallest absolute Gasteiger partial charge is 0.261 e. The lowest BCUT2D eigenvalue weighted by Crippen LogP contribution is -2.13. The van der Waals surface area contributed by atoms with Crippen LogP contribution in [0, 0.1) is 5.82 Å². The predicted molar refractivity (Wildman–Crippen MR) is 82.0 cm³/mol. The first-order valence-electron chi connectivity index (χ1n) is 6.05. The zero-order valence-corrected chi connectivity index (χ0v) is 13.4. The molecule has 2 N–H and O–H groups in total. The molecule has 0 saturated heterocycles. The Balaban J connectivity index is 2.36. The summed E-state index contributed by atoms with van der Waals surface area (Å²) in [6.07, 6.45) is -0.766. The van der Waals surface area contributed by atoms with E-state index in [9.17, 15) is 17.9 Å². The van der Waals surface area contributed by atoms with Gasteiger partial charge < -0.3 is 5.11 Å². The number of aliphatic hydroxyl groups is 1. The number of hydrogen-bond acceptors (Lipinski definition) is 3. The van der Waals surface area contributed by atoms with Crippen LogP contribution in [0.3, 0.4) is 0 Å². The zero-order chi connectivity index (χ0) is 15.6. The van der Waals surface area contributed by atoms with Crippen molar-refractivity contribution in [1.29, 1.82) is 0 Å². The number of sulfonamides is 1. The summed E-state index contributed by atoms with van der Waals surface area (Å²) in [6.45, 7) is 1.55. The molecule has 2 aromatic rings. The molecule has 1 atom stereocenters. The summed E-state index contributed by atoms with van der Waals surface area (Å²) in [4.78, 5) is 0.0251. The van der Waals surface area contributed by atoms with Crippen molar-refractivity contribution in [2.45, 2.75) is 17.9 Å². The fourth-order valence-corrected chi connectivity index (χ4v) is 3.43. The van der Waals surface area contributed by atoms with Gasteiger partial charge in [-0.3, -0.25) is 4.72 Å². The van der Waals surface area contributed by atoms with Crippen LogP contribution >= 0.6 is 15.9 Å². The van der Waals surface area contributed by atoms with Gasteiger partial charge in [0.25, 0.3) is 10.0 Å². The maximum atomic E-state index is 13.0. The van der Waals surface area contributed by atoms with Gasteiger partial charge in [0.05, 0.1) is 16.7 Å². The summed E-state index contributed by atoms with van der Waals surface area (Å²) in [5.74, 6) is -0.471. The Morgan fingerprint density at radius 3 is 2.57 bits per heavy atom. The number of hydrogen-bond donors (Lipinski definition) is 2. The van der Waals surface area contributed by atoms with E-state index in [-0.39, 0.29) is 10.6 Å². The highest BCUT2D eigenvalue weighted by molar-refractivity contribution is 9.10. The molecule has 21 heavy (non-hydrogen) atoms. The van der Waals surface area contributed by atoms with Gasteiger partial charge >= 0.3 is 0 Å². The maximum absolute atomic E-state index is 13.0. The first kappa shape index (κ1) is 15.9. The molecule has 0 aromatic heterocycles. The van der Waals surface area contributed by atoms with Crippen LogP contribution < -0.4 is 4.72 Å². The van der Waals surface area contributed by atoms with Crippen molar-refractivity contribution >= 4 is 31.6 Å². The van der Waals surface area contributed by atoms with Crippen LogP contribution in [0.4, 0.5) is 10.1 Å². The van der Waals surface area contributed by atoms with Crippen LogP contribution in [0.5, 0.6) is 0 Å². The molecule has 0 spiro atoms. The maximum Gasteiger partial charge on any atom is 0.261 e. The molecule has 0 saturated carbocycles. The molecule has 0 bridgehead atoms. The molecule has 7 heteroatoms. The number of nitrogens with one attached hydrogen (secondary N) is 1. The topological polar surface area (TPSA) is 66.4 Å². The van der Waals surface area contributed by atoms with Gasteiger partial charge in [0.1, 0.15) is 5.82 Å². The van der Waals surface area contributed by atoms with E-state index in [0.717, 1.165) is 6.07 Å². The van der Waals surface area contributed by atoms with E-state index in [2.05, 4.69) is 20.7 Å². The lowest BCUT2D eigenvalue weighted by atomic mass is 10.1. The summed E-state index contributed by atoms with van der Waals surface area (Å²) in [7, 11) is -3.82. The minimum absolute atomic E-state index is 0.0251. The Kier molecular flexibility index (Phi) is 4.65. The number of aliphatic hydroxyl groups excluding tert-OH is 1. The van der Waals surface area contributed by atoms with E-state index in [1.165, 1.54) is 24.3 Å². The number of rotatable bonds is 4. The Hall–Kier alpha value is -1.44. The summed E-state index contributed by atoms with van der Waals surface area (Å²) < 4.78 is 40.3. The Bertz CT molecular complexity index is 763. The Morgan fingerprint density at radius 1 is 1.24 bits per heavy atom. The monoisotopic (exact) mass is 373 g/mol. The van der Waals surface area contributed by atoms with E-state index in [1.807, 2.05) is 0 Å². The minimum Gasteiger partial charge on any atom is -0.389 e. The number of anilines is 1. The van der Waals surface area contributed by atoms with Crippen molar-refractivity contribution in [1.82, 2.24) is 0 Å².